The number of hydrogen-bond donors (Lipinski definition) is 0. The summed E-state index contributed by atoms with van der Waals surface area (Å²) in [6.45, 7) is 0. The van der Waals surface area contributed by atoms with Crippen molar-refractivity contribution in [3.8, 4) is 22.6 Å². The number of aromatic nitrogens is 3. The van der Waals surface area contributed by atoms with Crippen molar-refractivity contribution in [1.82, 2.24) is 13.7 Å². The highest BCUT2D eigenvalue weighted by Gasteiger charge is 2.22. The SMILES string of the molecule is CN1c2ccccc2Oc2ccccc21.CN1c2ccccc2Sc2ccccc21.Cn1c2cc3ccccc3cc2c2cc3ccccc3cc21.Cn1c2ccc3cc(F)ccc3c2c2ccc3cc(F)ccc3c21.Cn1c2ccccc2c2cc(-c3ccccc3)ccc21. The highest BCUT2D eigenvalue weighted by Crippen LogP contribution is 2.48. The molecule has 0 N–H and O–H groups in total. The topological polar surface area (TPSA) is 30.5 Å². The molecule has 464 valence electrons. The molecule has 15 aromatic carbocycles. The molecule has 20 rings (SSSR count). The molecular weight excluding hydrogens is 1200 g/mol. The van der Waals surface area contributed by atoms with E-state index in [0.717, 1.165) is 66.2 Å². The zero-order valence-corrected chi connectivity index (χ0v) is 54.5. The zero-order chi connectivity index (χ0) is 65.1. The van der Waals surface area contributed by atoms with Crippen LogP contribution in [0.4, 0.5) is 31.5 Å². The number of nitrogens with zero attached hydrogens (tertiary/aromatic N) is 5. The molecule has 0 atom stereocenters. The second-order valence-electron chi connectivity index (χ2n) is 24.6. The molecule has 0 aliphatic carbocycles. The van der Waals surface area contributed by atoms with E-state index in [9.17, 15) is 8.78 Å². The number of rotatable bonds is 1. The average Bonchev–Trinajstić information content (AvgIpc) is 1.57. The fourth-order valence-corrected chi connectivity index (χ4v) is 15.3. The molecule has 3 aromatic heterocycles. The van der Waals surface area contributed by atoms with Gasteiger partial charge in [0.25, 0.3) is 0 Å². The molecule has 2 aliphatic heterocycles. The Kier molecular flexibility index (Phi) is 15.3. The largest absolute Gasteiger partial charge is 0.453 e. The Labute approximate surface area is 559 Å². The van der Waals surface area contributed by atoms with Crippen LogP contribution in [-0.4, -0.2) is 27.8 Å². The zero-order valence-electron chi connectivity index (χ0n) is 53.7. The highest BCUT2D eigenvalue weighted by molar-refractivity contribution is 7.99. The normalized spacial score (nSPS) is 12.1. The lowest BCUT2D eigenvalue weighted by molar-refractivity contribution is 0.475. The van der Waals surface area contributed by atoms with Crippen LogP contribution in [-0.2, 0) is 21.1 Å². The summed E-state index contributed by atoms with van der Waals surface area (Å²) in [6.07, 6.45) is 0. The van der Waals surface area contributed by atoms with Crippen molar-refractivity contribution >= 4 is 143 Å². The molecule has 0 amide bonds. The maximum Gasteiger partial charge on any atom is 0.151 e. The number of fused-ring (bicyclic) bond motifs is 19. The quantitative estimate of drug-likeness (QED) is 0.164. The first-order valence-electron chi connectivity index (χ1n) is 32.2. The lowest BCUT2D eigenvalue weighted by Crippen LogP contribution is -2.15. The van der Waals surface area contributed by atoms with E-state index in [-0.39, 0.29) is 11.6 Å². The van der Waals surface area contributed by atoms with Gasteiger partial charge < -0.3 is 28.2 Å². The Morgan fingerprint density at radius 1 is 0.271 bits per heavy atom. The third-order valence-corrected chi connectivity index (χ3v) is 20.1. The maximum absolute atomic E-state index is 13.6. The number of para-hydroxylation sites is 7. The van der Waals surface area contributed by atoms with Gasteiger partial charge in [-0.1, -0.05) is 188 Å². The van der Waals surface area contributed by atoms with Gasteiger partial charge in [0.2, 0.25) is 0 Å². The van der Waals surface area contributed by atoms with Gasteiger partial charge in [-0.3, -0.25) is 0 Å². The molecule has 5 heterocycles. The monoisotopic (exact) mass is 1270 g/mol. The van der Waals surface area contributed by atoms with Crippen molar-refractivity contribution in [3.05, 3.63) is 315 Å². The third-order valence-electron chi connectivity index (χ3n) is 19.0. The Morgan fingerprint density at radius 3 is 1.32 bits per heavy atom. The van der Waals surface area contributed by atoms with Crippen LogP contribution in [0, 0.1) is 11.6 Å². The standard InChI is InChI=1S/C21H13F2N.C21H15N.C19H15N.C13H11NO.C13H11NS/c1-24-19-9-3-12-10-14(22)4-7-16(12)20(19)18-6-2-13-11-15(23)5-8-17(13)21(18)24;1-22-20-12-16-8-4-2-6-14(16)10-18(20)19-11-15-7-3-5-9-17(15)13-21(19)22;1-20-18-10-6-5-9-16(18)17-13-15(11-12-19(17)20)14-7-3-2-4-8-14;2*1-14-10-6-2-4-8-12(10)15-13-9-5-3-7-11(13)14/h2-11H,1H3;2-13H,1H3;2-13H,1H3;2*2-9H,1H3. The molecule has 0 fully saturated rings. The van der Waals surface area contributed by atoms with Crippen LogP contribution in [0.5, 0.6) is 11.5 Å². The number of anilines is 4. The molecule has 0 saturated carbocycles. The van der Waals surface area contributed by atoms with Gasteiger partial charge in [-0.05, 0) is 176 Å². The summed E-state index contributed by atoms with van der Waals surface area (Å²) in [5.74, 6) is 1.36. The number of ether oxygens (including phenoxy) is 1. The van der Waals surface area contributed by atoms with Gasteiger partial charge in [-0.2, -0.15) is 0 Å². The summed E-state index contributed by atoms with van der Waals surface area (Å²) in [4.78, 5) is 7.06. The van der Waals surface area contributed by atoms with E-state index in [0.29, 0.717) is 0 Å². The molecule has 96 heavy (non-hydrogen) atoms. The van der Waals surface area contributed by atoms with Crippen molar-refractivity contribution in [2.45, 2.75) is 9.79 Å². The van der Waals surface area contributed by atoms with Crippen molar-refractivity contribution in [3.63, 3.8) is 0 Å². The third kappa shape index (κ3) is 10.6. The van der Waals surface area contributed by atoms with E-state index in [2.05, 4.69) is 258 Å². The number of benzene rings is 15. The summed E-state index contributed by atoms with van der Waals surface area (Å²) < 4.78 is 39.6. The Hall–Kier alpha value is -11.7. The molecular formula is C87H65F2N5OS. The van der Waals surface area contributed by atoms with Gasteiger partial charge >= 0.3 is 0 Å². The minimum absolute atomic E-state index is 0.233. The van der Waals surface area contributed by atoms with Crippen LogP contribution < -0.4 is 14.5 Å². The minimum Gasteiger partial charge on any atom is -0.453 e. The molecule has 0 unspecified atom stereocenters. The number of aryl methyl sites for hydroxylation is 3. The predicted octanol–water partition coefficient (Wildman–Crippen LogP) is 24.0. The number of hydrogen-bond acceptors (Lipinski definition) is 4. The van der Waals surface area contributed by atoms with Crippen LogP contribution in [0.25, 0.3) is 120 Å². The van der Waals surface area contributed by atoms with E-state index >= 15 is 0 Å². The first-order valence-corrected chi connectivity index (χ1v) is 33.0. The van der Waals surface area contributed by atoms with E-state index in [4.69, 9.17) is 4.74 Å². The van der Waals surface area contributed by atoms with Crippen LogP contribution in [0.2, 0.25) is 0 Å². The van der Waals surface area contributed by atoms with Crippen molar-refractivity contribution in [1.29, 1.82) is 0 Å². The summed E-state index contributed by atoms with van der Waals surface area (Å²) in [7, 11) is 10.5. The second kappa shape index (κ2) is 24.7. The molecule has 2 aliphatic rings. The van der Waals surface area contributed by atoms with Gasteiger partial charge in [0.1, 0.15) is 11.6 Å². The first kappa shape index (κ1) is 59.4. The van der Waals surface area contributed by atoms with Crippen molar-refractivity contribution in [2.75, 3.05) is 23.9 Å². The fraction of sp³-hybridized carbons (Fsp3) is 0.0575. The Bertz CT molecular complexity index is 5770. The van der Waals surface area contributed by atoms with E-state index in [1.807, 2.05) is 91.6 Å². The molecule has 0 saturated heterocycles. The van der Waals surface area contributed by atoms with Gasteiger partial charge in [-0.15, -0.1) is 0 Å². The van der Waals surface area contributed by atoms with Crippen LogP contribution in [0.3, 0.4) is 0 Å². The van der Waals surface area contributed by atoms with Gasteiger partial charge in [0, 0.05) is 110 Å². The summed E-state index contributed by atoms with van der Waals surface area (Å²) in [5.41, 5.74) is 14.7. The fourth-order valence-electron chi connectivity index (χ4n) is 14.1. The average molecular weight is 1270 g/mol. The minimum atomic E-state index is -0.235. The second-order valence-corrected chi connectivity index (χ2v) is 25.7. The lowest BCUT2D eigenvalue weighted by Gasteiger charge is -2.29. The maximum atomic E-state index is 13.6. The van der Waals surface area contributed by atoms with Crippen LogP contribution in [0.1, 0.15) is 0 Å². The smallest absolute Gasteiger partial charge is 0.151 e. The van der Waals surface area contributed by atoms with Gasteiger partial charge in [-0.25, -0.2) is 8.78 Å². The van der Waals surface area contributed by atoms with E-state index in [1.54, 1.807) is 12.1 Å². The lowest BCUT2D eigenvalue weighted by atomic mass is 10.0. The summed E-state index contributed by atoms with van der Waals surface area (Å²) >= 11 is 1.84. The predicted molar refractivity (Wildman–Crippen MR) is 403 cm³/mol. The van der Waals surface area contributed by atoms with Gasteiger partial charge in [0.15, 0.2) is 11.5 Å². The molecule has 18 aromatic rings. The van der Waals surface area contributed by atoms with Gasteiger partial charge in [0.05, 0.1) is 28.3 Å². The molecule has 9 heteroatoms. The first-order chi connectivity index (χ1) is 47.0. The van der Waals surface area contributed by atoms with Crippen molar-refractivity contribution < 1.29 is 13.5 Å². The van der Waals surface area contributed by atoms with Crippen molar-refractivity contribution in [2.24, 2.45) is 21.1 Å². The van der Waals surface area contributed by atoms with E-state index in [1.165, 1.54) is 110 Å². The molecule has 0 bridgehead atoms. The Morgan fingerprint density at radius 2 is 0.708 bits per heavy atom. The molecule has 0 spiro atoms. The number of halogens is 2. The summed E-state index contributed by atoms with van der Waals surface area (Å²) in [6, 6.07) is 103. The summed E-state index contributed by atoms with van der Waals surface area (Å²) in [5, 5.41) is 16.5. The van der Waals surface area contributed by atoms with Crippen LogP contribution >= 0.6 is 11.8 Å². The van der Waals surface area contributed by atoms with Crippen LogP contribution in [0.15, 0.2) is 313 Å². The Balaban J connectivity index is 0.0000000955. The van der Waals surface area contributed by atoms with E-state index < -0.39 is 0 Å². The molecule has 0 radical (unpaired) electrons. The molecule has 6 nitrogen and oxygen atoms in total. The highest BCUT2D eigenvalue weighted by atomic mass is 32.2.